The first-order valence-electron chi connectivity index (χ1n) is 9.69. The molecule has 1 aliphatic carbocycles. The molecule has 0 aromatic heterocycles. The van der Waals surface area contributed by atoms with Crippen molar-refractivity contribution >= 4 is 40.7 Å². The fraction of sp³-hybridized carbons (Fsp3) is 0.650. The van der Waals surface area contributed by atoms with Crippen molar-refractivity contribution in [1.29, 1.82) is 0 Å². The van der Waals surface area contributed by atoms with Crippen molar-refractivity contribution in [2.75, 3.05) is 34.1 Å². The van der Waals surface area contributed by atoms with Gasteiger partial charge in [-0.2, -0.15) is 0 Å². The van der Waals surface area contributed by atoms with Crippen LogP contribution in [-0.2, 0) is 17.3 Å². The van der Waals surface area contributed by atoms with Gasteiger partial charge in [0.1, 0.15) is 17.2 Å². The number of nitrogens with zero attached hydrogens (tertiary/aromatic N) is 1. The molecule has 2 N–H and O–H groups in total. The summed E-state index contributed by atoms with van der Waals surface area (Å²) in [5, 5.41) is 7.09. The summed E-state index contributed by atoms with van der Waals surface area (Å²) in [6.07, 6.45) is 4.11. The van der Waals surface area contributed by atoms with Crippen LogP contribution in [0.1, 0.15) is 38.2 Å². The van der Waals surface area contributed by atoms with Gasteiger partial charge in [0.25, 0.3) is 0 Å². The van der Waals surface area contributed by atoms with Crippen molar-refractivity contribution in [3.8, 4) is 17.2 Å². The monoisotopic (exact) mass is 539 g/mol. The molecule has 0 aliphatic heterocycles. The molecule has 3 atom stereocenters. The normalized spacial score (nSPS) is 20.2. The van der Waals surface area contributed by atoms with E-state index in [1.54, 1.807) is 28.4 Å². The summed E-state index contributed by atoms with van der Waals surface area (Å²) in [5.41, 5.74) is 0.891. The maximum Gasteiger partial charge on any atom is 0.191 e. The van der Waals surface area contributed by atoms with Crippen molar-refractivity contribution in [2.24, 2.45) is 4.99 Å². The molecule has 1 aromatic carbocycles. The van der Waals surface area contributed by atoms with Crippen LogP contribution in [-0.4, -0.2) is 55.6 Å². The number of guanidine groups is 1. The van der Waals surface area contributed by atoms with Crippen LogP contribution in [0.25, 0.3) is 0 Å². The third-order valence-corrected chi connectivity index (χ3v) is 6.84. The van der Waals surface area contributed by atoms with Gasteiger partial charge in [-0.3, -0.25) is 9.20 Å². The Hall–Kier alpha value is -1.23. The number of ether oxygens (including phenoxy) is 3. The number of halogens is 1. The van der Waals surface area contributed by atoms with Gasteiger partial charge in [-0.25, -0.2) is 0 Å². The molecule has 1 fully saturated rings. The summed E-state index contributed by atoms with van der Waals surface area (Å²) in [7, 11) is 5.87. The van der Waals surface area contributed by atoms with Gasteiger partial charge >= 0.3 is 0 Å². The van der Waals surface area contributed by atoms with Gasteiger partial charge in [-0.05, 0) is 19.3 Å². The second-order valence-corrected chi connectivity index (χ2v) is 8.74. The molecule has 3 unspecified atom stereocenters. The van der Waals surface area contributed by atoms with E-state index >= 15 is 0 Å². The lowest BCUT2D eigenvalue weighted by molar-refractivity contribution is 0.367. The van der Waals surface area contributed by atoms with E-state index in [0.29, 0.717) is 29.8 Å². The minimum atomic E-state index is -0.742. The summed E-state index contributed by atoms with van der Waals surface area (Å²) in [6.45, 7) is 2.48. The van der Waals surface area contributed by atoms with Crippen LogP contribution in [0.2, 0.25) is 0 Å². The van der Waals surface area contributed by atoms with Crippen molar-refractivity contribution < 1.29 is 18.4 Å². The highest BCUT2D eigenvalue weighted by molar-refractivity contribution is 14.0. The van der Waals surface area contributed by atoms with Gasteiger partial charge < -0.3 is 24.8 Å². The van der Waals surface area contributed by atoms with Crippen LogP contribution in [0.4, 0.5) is 0 Å². The molecule has 0 bridgehead atoms. The maximum atomic E-state index is 12.2. The predicted octanol–water partition coefficient (Wildman–Crippen LogP) is 3.08. The minimum Gasteiger partial charge on any atom is -0.496 e. The van der Waals surface area contributed by atoms with E-state index in [-0.39, 0.29) is 35.3 Å². The van der Waals surface area contributed by atoms with Crippen LogP contribution in [0.5, 0.6) is 17.2 Å². The molecule has 29 heavy (non-hydrogen) atoms. The lowest BCUT2D eigenvalue weighted by Gasteiger charge is -2.30. The molecule has 0 radical (unpaired) electrons. The van der Waals surface area contributed by atoms with E-state index < -0.39 is 10.8 Å². The fourth-order valence-electron chi connectivity index (χ4n) is 3.56. The van der Waals surface area contributed by atoms with Crippen LogP contribution < -0.4 is 24.8 Å². The smallest absolute Gasteiger partial charge is 0.191 e. The largest absolute Gasteiger partial charge is 0.496 e. The predicted molar refractivity (Wildman–Crippen MR) is 130 cm³/mol. The summed E-state index contributed by atoms with van der Waals surface area (Å²) in [6, 6.07) is 3.95. The Morgan fingerprint density at radius 2 is 1.83 bits per heavy atom. The molecule has 0 saturated heterocycles. The highest BCUT2D eigenvalue weighted by Gasteiger charge is 2.26. The number of methoxy groups -OCH3 is 3. The highest BCUT2D eigenvalue weighted by atomic mass is 127. The van der Waals surface area contributed by atoms with E-state index in [9.17, 15) is 4.21 Å². The number of hydrogen-bond donors (Lipinski definition) is 2. The molecule has 0 spiro atoms. The fourth-order valence-corrected chi connectivity index (χ4v) is 4.91. The van der Waals surface area contributed by atoms with Crippen molar-refractivity contribution in [2.45, 2.75) is 50.4 Å². The zero-order valence-corrected chi connectivity index (χ0v) is 21.1. The average molecular weight is 539 g/mol. The zero-order valence-electron chi connectivity index (χ0n) is 17.9. The van der Waals surface area contributed by atoms with Crippen LogP contribution in [0.3, 0.4) is 0 Å². The molecule has 9 heteroatoms. The number of hydrogen-bond acceptors (Lipinski definition) is 5. The van der Waals surface area contributed by atoms with E-state index in [0.717, 1.165) is 37.0 Å². The first-order chi connectivity index (χ1) is 13.6. The summed E-state index contributed by atoms with van der Waals surface area (Å²) in [5.74, 6) is 3.50. The summed E-state index contributed by atoms with van der Waals surface area (Å²) >= 11 is 0. The first-order valence-corrected chi connectivity index (χ1v) is 11.1. The first kappa shape index (κ1) is 25.8. The third-order valence-electron chi connectivity index (χ3n) is 5.10. The summed E-state index contributed by atoms with van der Waals surface area (Å²) in [4.78, 5) is 4.34. The SMILES string of the molecule is CCS(=O)C1CCCC(NC(=NC)NCc2c(OC)cc(OC)cc2OC)C1.I. The second kappa shape index (κ2) is 13.1. The molecule has 1 saturated carbocycles. The van der Waals surface area contributed by atoms with Crippen LogP contribution in [0.15, 0.2) is 17.1 Å². The molecule has 0 amide bonds. The van der Waals surface area contributed by atoms with Gasteiger partial charge in [-0.1, -0.05) is 13.3 Å². The Kier molecular flexibility index (Phi) is 11.7. The Morgan fingerprint density at radius 1 is 1.17 bits per heavy atom. The lowest BCUT2D eigenvalue weighted by atomic mass is 9.95. The van der Waals surface area contributed by atoms with Gasteiger partial charge in [0, 0.05) is 47.0 Å². The van der Waals surface area contributed by atoms with E-state index in [2.05, 4.69) is 15.6 Å². The standard InChI is InChI=1S/C20H33N3O4S.HI/c1-6-28(24)16-9-7-8-14(10-16)23-20(21-2)22-13-17-18(26-4)11-15(25-3)12-19(17)27-5;/h11-12,14,16H,6-10,13H2,1-5H3,(H2,21,22,23);1H. The van der Waals surface area contributed by atoms with E-state index in [4.69, 9.17) is 14.2 Å². The van der Waals surface area contributed by atoms with E-state index in [1.807, 2.05) is 19.1 Å². The lowest BCUT2D eigenvalue weighted by Crippen LogP contribution is -2.46. The maximum absolute atomic E-state index is 12.2. The van der Waals surface area contributed by atoms with Crippen LogP contribution in [0, 0.1) is 0 Å². The van der Waals surface area contributed by atoms with Gasteiger partial charge in [-0.15, -0.1) is 24.0 Å². The van der Waals surface area contributed by atoms with E-state index in [1.165, 1.54) is 0 Å². The summed E-state index contributed by atoms with van der Waals surface area (Å²) < 4.78 is 28.5. The molecule has 0 heterocycles. The second-order valence-electron chi connectivity index (χ2n) is 6.74. The zero-order chi connectivity index (χ0) is 20.5. The van der Waals surface area contributed by atoms with Gasteiger partial charge in [0.05, 0.1) is 33.4 Å². The third kappa shape index (κ3) is 7.20. The number of rotatable bonds is 8. The van der Waals surface area contributed by atoms with Gasteiger partial charge in [0.2, 0.25) is 0 Å². The van der Waals surface area contributed by atoms with Crippen molar-refractivity contribution in [3.63, 3.8) is 0 Å². The molecular weight excluding hydrogens is 505 g/mol. The number of benzene rings is 1. The molecule has 7 nitrogen and oxygen atoms in total. The molecular formula is C20H34IN3O4S. The quantitative estimate of drug-likeness (QED) is 0.300. The highest BCUT2D eigenvalue weighted by Crippen LogP contribution is 2.33. The van der Waals surface area contributed by atoms with Gasteiger partial charge in [0.15, 0.2) is 5.96 Å². The molecule has 1 aliphatic rings. The Balaban J connectivity index is 0.00000420. The Bertz CT molecular complexity index is 677. The number of nitrogens with one attached hydrogen (secondary N) is 2. The Morgan fingerprint density at radius 3 is 2.34 bits per heavy atom. The topological polar surface area (TPSA) is 81.2 Å². The number of aliphatic imine (C=N–C) groups is 1. The average Bonchev–Trinajstić information content (AvgIpc) is 2.75. The molecule has 1 aromatic rings. The Labute approximate surface area is 193 Å². The van der Waals surface area contributed by atoms with Crippen molar-refractivity contribution in [1.82, 2.24) is 10.6 Å². The minimum absolute atomic E-state index is 0. The van der Waals surface area contributed by atoms with Crippen LogP contribution >= 0.6 is 24.0 Å². The van der Waals surface area contributed by atoms with Crippen molar-refractivity contribution in [3.05, 3.63) is 17.7 Å². The molecule has 166 valence electrons. The molecule has 2 rings (SSSR count).